The lowest BCUT2D eigenvalue weighted by Crippen LogP contribution is -2.48. The summed E-state index contributed by atoms with van der Waals surface area (Å²) in [6.45, 7) is 0. The molecule has 1 unspecified atom stereocenters. The van der Waals surface area contributed by atoms with E-state index in [0.29, 0.717) is 5.92 Å². The SMILES string of the molecule is O=C(O)CC(Cl)C1C2CC3CC(C2)CC1C3. The number of carbonyl (C=O) groups is 1. The zero-order valence-electron chi connectivity index (χ0n) is 9.44. The van der Waals surface area contributed by atoms with Crippen LogP contribution in [-0.4, -0.2) is 16.5 Å². The van der Waals surface area contributed by atoms with Crippen LogP contribution in [0.5, 0.6) is 0 Å². The monoisotopic (exact) mass is 242 g/mol. The van der Waals surface area contributed by atoms with Crippen molar-refractivity contribution in [3.63, 3.8) is 0 Å². The minimum Gasteiger partial charge on any atom is -0.481 e. The molecule has 0 aromatic carbocycles. The summed E-state index contributed by atoms with van der Waals surface area (Å²) in [7, 11) is 0. The zero-order chi connectivity index (χ0) is 11.3. The molecular weight excluding hydrogens is 224 g/mol. The maximum Gasteiger partial charge on any atom is 0.304 e. The van der Waals surface area contributed by atoms with Gasteiger partial charge in [-0.2, -0.15) is 0 Å². The second kappa shape index (κ2) is 3.90. The van der Waals surface area contributed by atoms with Gasteiger partial charge in [-0.3, -0.25) is 4.79 Å². The standard InChI is InChI=1S/C13H19ClO2/c14-11(6-12(15)16)13-9-2-7-1-8(4-9)5-10(13)3-7/h7-11,13H,1-6H2,(H,15,16). The van der Waals surface area contributed by atoms with Crippen LogP contribution in [-0.2, 0) is 4.79 Å². The average Bonchev–Trinajstić information content (AvgIpc) is 2.13. The van der Waals surface area contributed by atoms with E-state index in [1.165, 1.54) is 32.1 Å². The molecule has 0 saturated heterocycles. The molecule has 4 aliphatic rings. The Kier molecular flexibility index (Phi) is 2.66. The highest BCUT2D eigenvalue weighted by Gasteiger charge is 2.50. The van der Waals surface area contributed by atoms with E-state index in [0.717, 1.165) is 23.7 Å². The normalized spacial score (nSPS) is 46.9. The molecule has 4 rings (SSSR count). The molecule has 3 heteroatoms. The predicted octanol–water partition coefficient (Wildman–Crippen LogP) is 3.14. The van der Waals surface area contributed by atoms with E-state index < -0.39 is 5.97 Å². The van der Waals surface area contributed by atoms with E-state index in [9.17, 15) is 4.79 Å². The van der Waals surface area contributed by atoms with Crippen LogP contribution < -0.4 is 0 Å². The van der Waals surface area contributed by atoms with Crippen LogP contribution >= 0.6 is 11.6 Å². The average molecular weight is 243 g/mol. The zero-order valence-corrected chi connectivity index (χ0v) is 10.2. The third-order valence-corrected chi connectivity index (χ3v) is 5.53. The van der Waals surface area contributed by atoms with E-state index in [4.69, 9.17) is 16.7 Å². The van der Waals surface area contributed by atoms with E-state index in [1.807, 2.05) is 0 Å². The highest BCUT2D eigenvalue weighted by atomic mass is 35.5. The summed E-state index contributed by atoms with van der Waals surface area (Å²) < 4.78 is 0. The van der Waals surface area contributed by atoms with Crippen molar-refractivity contribution in [3.05, 3.63) is 0 Å². The molecule has 16 heavy (non-hydrogen) atoms. The molecule has 1 N–H and O–H groups in total. The lowest BCUT2D eigenvalue weighted by Gasteiger charge is -2.55. The van der Waals surface area contributed by atoms with Gasteiger partial charge in [-0.05, 0) is 61.7 Å². The summed E-state index contributed by atoms with van der Waals surface area (Å²) in [4.78, 5) is 10.8. The largest absolute Gasteiger partial charge is 0.481 e. The van der Waals surface area contributed by atoms with Gasteiger partial charge in [0.1, 0.15) is 0 Å². The molecule has 4 fully saturated rings. The van der Waals surface area contributed by atoms with E-state index >= 15 is 0 Å². The Morgan fingerprint density at radius 3 is 2.06 bits per heavy atom. The van der Waals surface area contributed by atoms with Gasteiger partial charge in [-0.25, -0.2) is 0 Å². The van der Waals surface area contributed by atoms with Crippen molar-refractivity contribution in [1.29, 1.82) is 0 Å². The van der Waals surface area contributed by atoms with Crippen molar-refractivity contribution in [3.8, 4) is 0 Å². The van der Waals surface area contributed by atoms with Crippen molar-refractivity contribution in [1.82, 2.24) is 0 Å². The number of hydrogen-bond donors (Lipinski definition) is 1. The van der Waals surface area contributed by atoms with Gasteiger partial charge in [-0.15, -0.1) is 11.6 Å². The van der Waals surface area contributed by atoms with E-state index in [1.54, 1.807) is 0 Å². The Labute approximate surface area is 101 Å². The van der Waals surface area contributed by atoms with Crippen LogP contribution in [0.4, 0.5) is 0 Å². The molecule has 0 radical (unpaired) electrons. The summed E-state index contributed by atoms with van der Waals surface area (Å²) in [6, 6.07) is 0. The second-order valence-electron chi connectivity index (χ2n) is 6.12. The lowest BCUT2D eigenvalue weighted by atomic mass is 9.51. The van der Waals surface area contributed by atoms with Gasteiger partial charge >= 0.3 is 5.97 Å². The second-order valence-corrected chi connectivity index (χ2v) is 6.68. The first-order valence-electron chi connectivity index (χ1n) is 6.49. The van der Waals surface area contributed by atoms with Crippen molar-refractivity contribution in [2.75, 3.05) is 0 Å². The quantitative estimate of drug-likeness (QED) is 0.772. The summed E-state index contributed by atoms with van der Waals surface area (Å²) in [5.41, 5.74) is 0. The fourth-order valence-electron chi connectivity index (χ4n) is 4.86. The first-order chi connectivity index (χ1) is 7.63. The molecular formula is C13H19ClO2. The summed E-state index contributed by atoms with van der Waals surface area (Å²) >= 11 is 6.34. The molecule has 0 spiro atoms. The summed E-state index contributed by atoms with van der Waals surface area (Å²) in [5, 5.41) is 8.72. The maximum absolute atomic E-state index is 10.8. The molecule has 0 aromatic rings. The number of hydrogen-bond acceptors (Lipinski definition) is 1. The molecule has 90 valence electrons. The van der Waals surface area contributed by atoms with Crippen LogP contribution in [0.15, 0.2) is 0 Å². The van der Waals surface area contributed by atoms with Crippen LogP contribution in [0.1, 0.15) is 38.5 Å². The Hall–Kier alpha value is -0.240. The van der Waals surface area contributed by atoms with Gasteiger partial charge in [0.25, 0.3) is 0 Å². The molecule has 4 aliphatic carbocycles. The van der Waals surface area contributed by atoms with Gasteiger partial charge in [0, 0.05) is 5.38 Å². The summed E-state index contributed by atoms with van der Waals surface area (Å²) in [5.74, 6) is 3.09. The number of aliphatic carboxylic acids is 1. The first-order valence-corrected chi connectivity index (χ1v) is 6.93. The smallest absolute Gasteiger partial charge is 0.304 e. The molecule has 0 heterocycles. The Morgan fingerprint density at radius 2 is 1.62 bits per heavy atom. The number of carboxylic acid groups (broad SMARTS) is 1. The molecule has 1 atom stereocenters. The molecule has 2 nitrogen and oxygen atoms in total. The van der Waals surface area contributed by atoms with Crippen molar-refractivity contribution >= 4 is 17.6 Å². The number of halogens is 1. The van der Waals surface area contributed by atoms with Crippen molar-refractivity contribution < 1.29 is 9.90 Å². The molecule has 4 saturated carbocycles. The van der Waals surface area contributed by atoms with Crippen molar-refractivity contribution in [2.45, 2.75) is 43.9 Å². The summed E-state index contributed by atoms with van der Waals surface area (Å²) in [6.07, 6.45) is 6.86. The van der Waals surface area contributed by atoms with Gasteiger partial charge in [-0.1, -0.05) is 0 Å². The minimum absolute atomic E-state index is 0.132. The van der Waals surface area contributed by atoms with Gasteiger partial charge in [0.15, 0.2) is 0 Å². The van der Waals surface area contributed by atoms with Crippen LogP contribution in [0.25, 0.3) is 0 Å². The van der Waals surface area contributed by atoms with E-state index in [2.05, 4.69) is 0 Å². The Morgan fingerprint density at radius 1 is 1.12 bits per heavy atom. The van der Waals surface area contributed by atoms with Gasteiger partial charge in [0.05, 0.1) is 6.42 Å². The topological polar surface area (TPSA) is 37.3 Å². The highest BCUT2D eigenvalue weighted by Crippen LogP contribution is 2.58. The molecule has 0 aliphatic heterocycles. The first kappa shape index (κ1) is 10.9. The third-order valence-electron chi connectivity index (χ3n) is 5.09. The van der Waals surface area contributed by atoms with Crippen LogP contribution in [0.2, 0.25) is 0 Å². The number of rotatable bonds is 3. The Balaban J connectivity index is 1.73. The molecule has 0 amide bonds. The van der Waals surface area contributed by atoms with E-state index in [-0.39, 0.29) is 11.8 Å². The fourth-order valence-corrected chi connectivity index (χ4v) is 5.40. The number of alkyl halides is 1. The predicted molar refractivity (Wildman–Crippen MR) is 62.4 cm³/mol. The van der Waals surface area contributed by atoms with Crippen molar-refractivity contribution in [2.24, 2.45) is 29.6 Å². The van der Waals surface area contributed by atoms with Gasteiger partial charge < -0.3 is 5.11 Å². The number of carboxylic acids is 1. The maximum atomic E-state index is 10.8. The molecule has 4 bridgehead atoms. The fraction of sp³-hybridized carbons (Fsp3) is 0.923. The minimum atomic E-state index is -0.742. The van der Waals surface area contributed by atoms with Gasteiger partial charge in [0.2, 0.25) is 0 Å². The van der Waals surface area contributed by atoms with Crippen LogP contribution in [0, 0.1) is 29.6 Å². The Bertz CT molecular complexity index is 274. The van der Waals surface area contributed by atoms with Crippen LogP contribution in [0.3, 0.4) is 0 Å². The molecule has 0 aromatic heterocycles. The highest BCUT2D eigenvalue weighted by molar-refractivity contribution is 6.21. The third kappa shape index (κ3) is 1.75. The lowest BCUT2D eigenvalue weighted by molar-refractivity contribution is -0.138.